The molecule has 1 N–H and O–H groups in total. The zero-order valence-corrected chi connectivity index (χ0v) is 10.5. The zero-order chi connectivity index (χ0) is 12.7. The molecule has 0 spiro atoms. The minimum Gasteiger partial charge on any atom is -0.493 e. The molecule has 0 radical (unpaired) electrons. The highest BCUT2D eigenvalue weighted by Gasteiger charge is 2.35. The lowest BCUT2D eigenvalue weighted by Gasteiger charge is -2.31. The topological polar surface area (TPSA) is 50.8 Å². The van der Waals surface area contributed by atoms with Crippen LogP contribution in [-0.4, -0.2) is 32.7 Å². The van der Waals surface area contributed by atoms with E-state index in [1.165, 1.54) is 0 Å². The van der Waals surface area contributed by atoms with E-state index in [1.54, 1.807) is 14.2 Å². The van der Waals surface area contributed by atoms with Gasteiger partial charge in [-0.25, -0.2) is 0 Å². The van der Waals surface area contributed by atoms with E-state index in [0.717, 1.165) is 24.2 Å². The van der Waals surface area contributed by atoms with Crippen molar-refractivity contribution in [1.29, 1.82) is 0 Å². The number of ether oxygens (including phenoxy) is 2. The van der Waals surface area contributed by atoms with Crippen molar-refractivity contribution in [2.75, 3.05) is 31.0 Å². The van der Waals surface area contributed by atoms with E-state index in [0.29, 0.717) is 24.1 Å². The maximum absolute atomic E-state index is 11.7. The number of anilines is 2. The van der Waals surface area contributed by atoms with E-state index < -0.39 is 0 Å². The predicted octanol–water partition coefficient (Wildman–Crippen LogP) is 1.62. The summed E-state index contributed by atoms with van der Waals surface area (Å²) in [7, 11) is 3.21. The smallest absolute Gasteiger partial charge is 0.243 e. The van der Waals surface area contributed by atoms with Crippen LogP contribution in [0.2, 0.25) is 0 Å². The standard InChI is InChI=1S/C13H16N2O3/c1-17-11-5-9-10(6-12(11)18-2)15(8-3-4-8)7-13(16)14-9/h5-6,8H,3-4,7H2,1-2H3,(H,14,16). The normalized spacial score (nSPS) is 18.1. The number of hydrogen-bond acceptors (Lipinski definition) is 4. The van der Waals surface area contributed by atoms with Crippen LogP contribution in [0.25, 0.3) is 0 Å². The first-order valence-corrected chi connectivity index (χ1v) is 6.05. The molecule has 1 aromatic rings. The molecule has 1 heterocycles. The largest absolute Gasteiger partial charge is 0.493 e. The van der Waals surface area contributed by atoms with Gasteiger partial charge in [0.2, 0.25) is 5.91 Å². The minimum absolute atomic E-state index is 0.0293. The molecule has 1 aromatic carbocycles. The lowest BCUT2D eigenvalue weighted by Crippen LogP contribution is -2.39. The number of methoxy groups -OCH3 is 2. The predicted molar refractivity (Wildman–Crippen MR) is 68.5 cm³/mol. The molecule has 5 heteroatoms. The van der Waals surface area contributed by atoms with Crippen molar-refractivity contribution in [2.24, 2.45) is 0 Å². The summed E-state index contributed by atoms with van der Waals surface area (Å²) in [5, 5.41) is 2.88. The van der Waals surface area contributed by atoms with Crippen LogP contribution in [0.15, 0.2) is 12.1 Å². The first kappa shape index (κ1) is 11.2. The van der Waals surface area contributed by atoms with Crippen LogP contribution in [0, 0.1) is 0 Å². The van der Waals surface area contributed by atoms with Crippen molar-refractivity contribution >= 4 is 17.3 Å². The third-order valence-corrected chi connectivity index (χ3v) is 3.39. The number of carbonyl (C=O) groups is 1. The Kier molecular flexibility index (Phi) is 2.54. The van der Waals surface area contributed by atoms with Crippen molar-refractivity contribution in [2.45, 2.75) is 18.9 Å². The van der Waals surface area contributed by atoms with E-state index in [4.69, 9.17) is 9.47 Å². The first-order chi connectivity index (χ1) is 8.72. The van der Waals surface area contributed by atoms with Gasteiger partial charge in [0, 0.05) is 18.2 Å². The molecule has 5 nitrogen and oxygen atoms in total. The van der Waals surface area contributed by atoms with Crippen LogP contribution in [-0.2, 0) is 4.79 Å². The van der Waals surface area contributed by atoms with Gasteiger partial charge in [-0.2, -0.15) is 0 Å². The number of nitrogens with zero attached hydrogens (tertiary/aromatic N) is 1. The summed E-state index contributed by atoms with van der Waals surface area (Å²) in [6.45, 7) is 0.424. The molecule has 96 valence electrons. The molecule has 3 rings (SSSR count). The number of carbonyl (C=O) groups excluding carboxylic acids is 1. The highest BCUT2D eigenvalue weighted by atomic mass is 16.5. The third-order valence-electron chi connectivity index (χ3n) is 3.39. The maximum atomic E-state index is 11.7. The van der Waals surface area contributed by atoms with Gasteiger partial charge in [-0.05, 0) is 12.8 Å². The Labute approximate surface area is 106 Å². The van der Waals surface area contributed by atoms with Crippen LogP contribution < -0.4 is 19.7 Å². The van der Waals surface area contributed by atoms with E-state index in [2.05, 4.69) is 10.2 Å². The molecule has 1 fully saturated rings. The molecule has 1 aliphatic heterocycles. The average Bonchev–Trinajstić information content (AvgIpc) is 3.20. The fourth-order valence-corrected chi connectivity index (χ4v) is 2.35. The second kappa shape index (κ2) is 4.08. The van der Waals surface area contributed by atoms with Gasteiger partial charge in [-0.15, -0.1) is 0 Å². The molecular weight excluding hydrogens is 232 g/mol. The summed E-state index contributed by atoms with van der Waals surface area (Å²) in [5.41, 5.74) is 1.82. The summed E-state index contributed by atoms with van der Waals surface area (Å²) < 4.78 is 10.6. The maximum Gasteiger partial charge on any atom is 0.243 e. The lowest BCUT2D eigenvalue weighted by molar-refractivity contribution is -0.115. The molecule has 0 bridgehead atoms. The molecule has 1 aliphatic carbocycles. The van der Waals surface area contributed by atoms with Gasteiger partial charge >= 0.3 is 0 Å². The fourth-order valence-electron chi connectivity index (χ4n) is 2.35. The Morgan fingerprint density at radius 2 is 1.89 bits per heavy atom. The fraction of sp³-hybridized carbons (Fsp3) is 0.462. The van der Waals surface area contributed by atoms with Crippen LogP contribution >= 0.6 is 0 Å². The van der Waals surface area contributed by atoms with Gasteiger partial charge in [-0.3, -0.25) is 4.79 Å². The van der Waals surface area contributed by atoms with Crippen LogP contribution in [0.4, 0.5) is 11.4 Å². The van der Waals surface area contributed by atoms with E-state index >= 15 is 0 Å². The molecule has 1 saturated carbocycles. The summed E-state index contributed by atoms with van der Waals surface area (Å²) in [6.07, 6.45) is 2.31. The van der Waals surface area contributed by atoms with Gasteiger partial charge in [-0.1, -0.05) is 0 Å². The number of benzene rings is 1. The van der Waals surface area contributed by atoms with Gasteiger partial charge in [0.15, 0.2) is 11.5 Å². The monoisotopic (exact) mass is 248 g/mol. The molecule has 0 aromatic heterocycles. The van der Waals surface area contributed by atoms with E-state index in [9.17, 15) is 4.79 Å². The first-order valence-electron chi connectivity index (χ1n) is 6.05. The Hall–Kier alpha value is -1.91. The highest BCUT2D eigenvalue weighted by molar-refractivity contribution is 6.02. The van der Waals surface area contributed by atoms with E-state index in [1.807, 2.05) is 12.1 Å². The van der Waals surface area contributed by atoms with E-state index in [-0.39, 0.29) is 5.91 Å². The molecule has 0 unspecified atom stereocenters. The molecule has 1 amide bonds. The average molecular weight is 248 g/mol. The summed E-state index contributed by atoms with van der Waals surface area (Å²) in [4.78, 5) is 13.8. The van der Waals surface area contributed by atoms with Crippen molar-refractivity contribution in [1.82, 2.24) is 0 Å². The second-order valence-corrected chi connectivity index (χ2v) is 4.63. The Balaban J connectivity index is 2.07. The third kappa shape index (κ3) is 1.75. The minimum atomic E-state index is 0.0293. The second-order valence-electron chi connectivity index (χ2n) is 4.63. The number of nitrogens with one attached hydrogen (secondary N) is 1. The number of rotatable bonds is 3. The quantitative estimate of drug-likeness (QED) is 0.883. The highest BCUT2D eigenvalue weighted by Crippen LogP contribution is 2.43. The molecule has 0 atom stereocenters. The lowest BCUT2D eigenvalue weighted by atomic mass is 10.1. The Morgan fingerprint density at radius 1 is 1.22 bits per heavy atom. The molecule has 2 aliphatic rings. The summed E-state index contributed by atoms with van der Waals surface area (Å²) in [5.74, 6) is 1.36. The van der Waals surface area contributed by atoms with Crippen molar-refractivity contribution in [3.05, 3.63) is 12.1 Å². The van der Waals surface area contributed by atoms with Crippen LogP contribution in [0.3, 0.4) is 0 Å². The summed E-state index contributed by atoms with van der Waals surface area (Å²) in [6, 6.07) is 4.25. The van der Waals surface area contributed by atoms with Gasteiger partial charge < -0.3 is 19.7 Å². The molecule has 18 heavy (non-hydrogen) atoms. The Bertz CT molecular complexity index is 497. The molecular formula is C13H16N2O3. The number of amides is 1. The van der Waals surface area contributed by atoms with Gasteiger partial charge in [0.05, 0.1) is 32.1 Å². The SMILES string of the molecule is COc1cc2c(cc1OC)N(C1CC1)CC(=O)N2. The Morgan fingerprint density at radius 3 is 2.50 bits per heavy atom. The number of fused-ring (bicyclic) bond motifs is 1. The molecule has 0 saturated heterocycles. The summed E-state index contributed by atoms with van der Waals surface area (Å²) >= 11 is 0. The van der Waals surface area contributed by atoms with Gasteiger partial charge in [0.25, 0.3) is 0 Å². The van der Waals surface area contributed by atoms with Crippen molar-refractivity contribution < 1.29 is 14.3 Å². The number of hydrogen-bond donors (Lipinski definition) is 1. The van der Waals surface area contributed by atoms with Crippen LogP contribution in [0.1, 0.15) is 12.8 Å². The van der Waals surface area contributed by atoms with Crippen LogP contribution in [0.5, 0.6) is 11.5 Å². The van der Waals surface area contributed by atoms with Crippen molar-refractivity contribution in [3.8, 4) is 11.5 Å². The zero-order valence-electron chi connectivity index (χ0n) is 10.5. The van der Waals surface area contributed by atoms with Gasteiger partial charge in [0.1, 0.15) is 0 Å². The van der Waals surface area contributed by atoms with Crippen molar-refractivity contribution in [3.63, 3.8) is 0 Å².